The van der Waals surface area contributed by atoms with Crippen LogP contribution in [0.1, 0.15) is 27.3 Å². The summed E-state index contributed by atoms with van der Waals surface area (Å²) in [5, 5.41) is 22.6. The Morgan fingerprint density at radius 3 is 2.68 bits per heavy atom. The van der Waals surface area contributed by atoms with E-state index in [4.69, 9.17) is 5.11 Å². The van der Waals surface area contributed by atoms with E-state index in [1.54, 1.807) is 32.0 Å². The van der Waals surface area contributed by atoms with Gasteiger partial charge in [-0.2, -0.15) is 10.4 Å². The minimum absolute atomic E-state index is 0.170. The Morgan fingerprint density at radius 2 is 2.16 bits per heavy atom. The van der Waals surface area contributed by atoms with Crippen LogP contribution < -0.4 is 0 Å². The Balaban J connectivity index is 2.75. The molecule has 0 saturated heterocycles. The first kappa shape index (κ1) is 13.3. The number of carboxylic acid groups (broad SMARTS) is 1. The van der Waals surface area contributed by atoms with Gasteiger partial charge in [-0.3, -0.25) is 0 Å². The lowest BCUT2D eigenvalue weighted by Gasteiger charge is -2.07. The number of rotatable bonds is 2. The predicted molar refractivity (Wildman–Crippen MR) is 72.4 cm³/mol. The van der Waals surface area contributed by atoms with Crippen LogP contribution >= 0.6 is 15.9 Å². The fourth-order valence-electron chi connectivity index (χ4n) is 1.99. The monoisotopic (exact) mass is 319 g/mol. The zero-order chi connectivity index (χ0) is 14.2. The van der Waals surface area contributed by atoms with E-state index in [1.807, 2.05) is 0 Å². The molecule has 1 aromatic heterocycles. The molecule has 96 valence electrons. The topological polar surface area (TPSA) is 78.9 Å². The van der Waals surface area contributed by atoms with Crippen molar-refractivity contribution in [1.82, 2.24) is 9.78 Å². The van der Waals surface area contributed by atoms with E-state index in [-0.39, 0.29) is 5.56 Å². The first-order valence-electron chi connectivity index (χ1n) is 5.46. The third-order valence-corrected chi connectivity index (χ3v) is 3.50. The molecule has 6 heteroatoms. The molecule has 0 aliphatic carbocycles. The van der Waals surface area contributed by atoms with Crippen molar-refractivity contribution >= 4 is 21.9 Å². The fourth-order valence-corrected chi connectivity index (χ4v) is 2.43. The molecule has 2 rings (SSSR count). The molecule has 19 heavy (non-hydrogen) atoms. The molecule has 0 saturated carbocycles. The summed E-state index contributed by atoms with van der Waals surface area (Å²) in [6.07, 6.45) is 0. The second kappa shape index (κ2) is 4.86. The van der Waals surface area contributed by atoms with Crippen LogP contribution in [0.15, 0.2) is 22.7 Å². The first-order chi connectivity index (χ1) is 8.97. The Bertz CT molecular complexity index is 713. The Hall–Kier alpha value is -2.13. The number of nitriles is 1. The first-order valence-corrected chi connectivity index (χ1v) is 6.25. The number of aromatic nitrogens is 2. The lowest BCUT2D eigenvalue weighted by Crippen LogP contribution is -2.04. The SMILES string of the molecule is Cc1nn(-c2cccc(Br)c2C#N)c(C)c1C(=O)O. The van der Waals surface area contributed by atoms with Crippen molar-refractivity contribution in [3.8, 4) is 11.8 Å². The van der Waals surface area contributed by atoms with Gasteiger partial charge in [-0.05, 0) is 41.9 Å². The van der Waals surface area contributed by atoms with Gasteiger partial charge in [0.05, 0.1) is 22.6 Å². The number of hydrogen-bond donors (Lipinski definition) is 1. The number of carboxylic acids is 1. The quantitative estimate of drug-likeness (QED) is 0.923. The summed E-state index contributed by atoms with van der Waals surface area (Å²) in [6, 6.07) is 7.35. The van der Waals surface area contributed by atoms with E-state index >= 15 is 0 Å². The standard InChI is InChI=1S/C13H10BrN3O2/c1-7-12(13(18)19)8(2)17(16-7)11-5-3-4-10(14)9(11)6-15/h3-5H,1-2H3,(H,18,19). The number of benzene rings is 1. The Labute approximate surface area is 118 Å². The van der Waals surface area contributed by atoms with E-state index in [2.05, 4.69) is 27.1 Å². The van der Waals surface area contributed by atoms with Crippen LogP contribution in [-0.2, 0) is 0 Å². The van der Waals surface area contributed by atoms with Crippen LogP contribution in [0.25, 0.3) is 5.69 Å². The number of aryl methyl sites for hydroxylation is 1. The zero-order valence-electron chi connectivity index (χ0n) is 10.3. The molecule has 2 aromatic rings. The minimum Gasteiger partial charge on any atom is -0.478 e. The van der Waals surface area contributed by atoms with Crippen molar-refractivity contribution < 1.29 is 9.90 Å². The molecule has 0 spiro atoms. The highest BCUT2D eigenvalue weighted by atomic mass is 79.9. The van der Waals surface area contributed by atoms with Crippen molar-refractivity contribution in [2.45, 2.75) is 13.8 Å². The molecule has 1 heterocycles. The summed E-state index contributed by atoms with van der Waals surface area (Å²) in [6.45, 7) is 3.31. The lowest BCUT2D eigenvalue weighted by molar-refractivity contribution is 0.0695. The van der Waals surface area contributed by atoms with Crippen LogP contribution in [0.5, 0.6) is 0 Å². The van der Waals surface area contributed by atoms with Crippen LogP contribution in [0.3, 0.4) is 0 Å². The van der Waals surface area contributed by atoms with Crippen molar-refractivity contribution in [1.29, 1.82) is 5.26 Å². The maximum Gasteiger partial charge on any atom is 0.339 e. The summed E-state index contributed by atoms with van der Waals surface area (Å²) >= 11 is 3.30. The summed E-state index contributed by atoms with van der Waals surface area (Å²) in [4.78, 5) is 11.2. The van der Waals surface area contributed by atoms with Gasteiger partial charge in [0.15, 0.2) is 0 Å². The van der Waals surface area contributed by atoms with E-state index < -0.39 is 5.97 Å². The summed E-state index contributed by atoms with van der Waals surface area (Å²) in [5.41, 5.74) is 2.08. The normalized spacial score (nSPS) is 10.2. The molecule has 5 nitrogen and oxygen atoms in total. The minimum atomic E-state index is -1.02. The van der Waals surface area contributed by atoms with Crippen molar-refractivity contribution in [3.63, 3.8) is 0 Å². The van der Waals surface area contributed by atoms with Gasteiger partial charge < -0.3 is 5.11 Å². The average molecular weight is 320 g/mol. The molecule has 0 unspecified atom stereocenters. The number of nitrogens with zero attached hydrogens (tertiary/aromatic N) is 3. The Morgan fingerprint density at radius 1 is 1.47 bits per heavy atom. The summed E-state index contributed by atoms with van der Waals surface area (Å²) < 4.78 is 2.14. The maximum atomic E-state index is 11.2. The molecule has 1 aromatic carbocycles. The van der Waals surface area contributed by atoms with Gasteiger partial charge in [-0.1, -0.05) is 6.07 Å². The average Bonchev–Trinajstić information content (AvgIpc) is 2.64. The summed E-state index contributed by atoms with van der Waals surface area (Å²) in [5.74, 6) is -1.02. The second-order valence-corrected chi connectivity index (χ2v) is 4.86. The van der Waals surface area contributed by atoms with Crippen LogP contribution in [0.2, 0.25) is 0 Å². The number of carbonyl (C=O) groups is 1. The molecule has 0 radical (unpaired) electrons. The number of hydrogen-bond acceptors (Lipinski definition) is 3. The zero-order valence-corrected chi connectivity index (χ0v) is 11.9. The predicted octanol–water partition coefficient (Wildman–Crippen LogP) is 2.82. The molecule has 0 fully saturated rings. The van der Waals surface area contributed by atoms with Crippen LogP contribution in [0, 0.1) is 25.2 Å². The highest BCUT2D eigenvalue weighted by Gasteiger charge is 2.20. The van der Waals surface area contributed by atoms with Gasteiger partial charge in [0.25, 0.3) is 0 Å². The fraction of sp³-hybridized carbons (Fsp3) is 0.154. The Kier molecular flexibility index (Phi) is 3.40. The van der Waals surface area contributed by atoms with E-state index in [0.717, 1.165) is 0 Å². The van der Waals surface area contributed by atoms with Gasteiger partial charge in [0, 0.05) is 4.47 Å². The molecule has 0 atom stereocenters. The molecular formula is C13H10BrN3O2. The molecule has 0 bridgehead atoms. The molecule has 1 N–H and O–H groups in total. The van der Waals surface area contributed by atoms with Gasteiger partial charge in [-0.25, -0.2) is 9.48 Å². The third kappa shape index (κ3) is 2.13. The van der Waals surface area contributed by atoms with Gasteiger partial charge in [-0.15, -0.1) is 0 Å². The highest BCUT2D eigenvalue weighted by Crippen LogP contribution is 2.25. The smallest absolute Gasteiger partial charge is 0.339 e. The van der Waals surface area contributed by atoms with Crippen molar-refractivity contribution in [2.75, 3.05) is 0 Å². The van der Waals surface area contributed by atoms with E-state index in [0.29, 0.717) is 27.1 Å². The number of halogens is 1. The van der Waals surface area contributed by atoms with Crippen LogP contribution in [-0.4, -0.2) is 20.9 Å². The van der Waals surface area contributed by atoms with Gasteiger partial charge in [0.1, 0.15) is 11.6 Å². The van der Waals surface area contributed by atoms with Crippen LogP contribution in [0.4, 0.5) is 0 Å². The third-order valence-electron chi connectivity index (χ3n) is 2.84. The van der Waals surface area contributed by atoms with Crippen molar-refractivity contribution in [2.24, 2.45) is 0 Å². The number of aromatic carboxylic acids is 1. The highest BCUT2D eigenvalue weighted by molar-refractivity contribution is 9.10. The molecular weight excluding hydrogens is 310 g/mol. The van der Waals surface area contributed by atoms with Gasteiger partial charge >= 0.3 is 5.97 Å². The summed E-state index contributed by atoms with van der Waals surface area (Å²) in [7, 11) is 0. The molecule has 0 amide bonds. The largest absolute Gasteiger partial charge is 0.478 e. The maximum absolute atomic E-state index is 11.2. The van der Waals surface area contributed by atoms with Crippen molar-refractivity contribution in [3.05, 3.63) is 45.2 Å². The molecule has 0 aliphatic rings. The second-order valence-electron chi connectivity index (χ2n) is 4.01. The van der Waals surface area contributed by atoms with Gasteiger partial charge in [0.2, 0.25) is 0 Å². The lowest BCUT2D eigenvalue weighted by atomic mass is 10.1. The molecule has 0 aliphatic heterocycles. The van der Waals surface area contributed by atoms with E-state index in [1.165, 1.54) is 4.68 Å². The van der Waals surface area contributed by atoms with E-state index in [9.17, 15) is 10.1 Å².